The molecule has 0 fully saturated rings. The maximum Gasteiger partial charge on any atom is 0.437 e. The third kappa shape index (κ3) is 4.52. The van der Waals surface area contributed by atoms with Crippen LogP contribution >= 0.6 is 22.9 Å². The SMILES string of the molecule is Cc1c(-c2nn(CC(=O)NCc3cccs3)c(=O)o2)ncn1Cc1ccc(Cl)cc1. The molecule has 1 N–H and O–H groups in total. The number of aromatic nitrogens is 4. The number of halogens is 1. The van der Waals surface area contributed by atoms with Crippen LogP contribution in [0, 0.1) is 6.92 Å². The van der Waals surface area contributed by atoms with Crippen LogP contribution in [0.5, 0.6) is 0 Å². The first-order chi connectivity index (χ1) is 14.5. The van der Waals surface area contributed by atoms with E-state index >= 15 is 0 Å². The van der Waals surface area contributed by atoms with Gasteiger partial charge in [0.2, 0.25) is 5.91 Å². The predicted octanol–water partition coefficient (Wildman–Crippen LogP) is 3.09. The Morgan fingerprint density at radius 1 is 1.27 bits per heavy atom. The number of rotatable bonds is 7. The van der Waals surface area contributed by atoms with E-state index in [2.05, 4.69) is 15.4 Å². The van der Waals surface area contributed by atoms with Gasteiger partial charge >= 0.3 is 5.76 Å². The third-order valence-electron chi connectivity index (χ3n) is 4.51. The number of carbonyl (C=O) groups is 1. The Bertz CT molecular complexity index is 1210. The number of hydrogen-bond acceptors (Lipinski definition) is 6. The average molecular weight is 444 g/mol. The highest BCUT2D eigenvalue weighted by Gasteiger charge is 2.18. The Kier molecular flexibility index (Phi) is 5.82. The summed E-state index contributed by atoms with van der Waals surface area (Å²) in [6, 6.07) is 11.4. The van der Waals surface area contributed by atoms with Gasteiger partial charge in [0.25, 0.3) is 5.89 Å². The van der Waals surface area contributed by atoms with Crippen LogP contribution in [0.3, 0.4) is 0 Å². The Labute approximate surface area is 180 Å². The van der Waals surface area contributed by atoms with Crippen molar-refractivity contribution in [3.05, 3.63) is 79.8 Å². The quantitative estimate of drug-likeness (QED) is 0.473. The fraction of sp³-hybridized carbons (Fsp3) is 0.200. The van der Waals surface area contributed by atoms with Crippen LogP contribution in [0.4, 0.5) is 0 Å². The zero-order valence-corrected chi connectivity index (χ0v) is 17.6. The fourth-order valence-electron chi connectivity index (χ4n) is 2.89. The minimum absolute atomic E-state index is 0.0819. The number of nitrogens with zero attached hydrogens (tertiary/aromatic N) is 4. The average Bonchev–Trinajstić information content (AvgIpc) is 3.45. The second-order valence-corrected chi connectivity index (χ2v) is 8.09. The molecule has 0 saturated carbocycles. The van der Waals surface area contributed by atoms with E-state index in [4.69, 9.17) is 16.0 Å². The van der Waals surface area contributed by atoms with Crippen molar-refractivity contribution in [3.63, 3.8) is 0 Å². The molecule has 0 bridgehead atoms. The molecule has 8 nitrogen and oxygen atoms in total. The number of nitrogens with one attached hydrogen (secondary N) is 1. The summed E-state index contributed by atoms with van der Waals surface area (Å²) in [6.45, 7) is 2.64. The second kappa shape index (κ2) is 8.68. The molecule has 30 heavy (non-hydrogen) atoms. The monoisotopic (exact) mass is 443 g/mol. The minimum Gasteiger partial charge on any atom is -0.386 e. The number of hydrogen-bond donors (Lipinski definition) is 1. The van der Waals surface area contributed by atoms with E-state index in [9.17, 15) is 9.59 Å². The minimum atomic E-state index is -0.706. The van der Waals surface area contributed by atoms with Crippen LogP contribution in [0.2, 0.25) is 5.02 Å². The second-order valence-electron chi connectivity index (χ2n) is 6.62. The number of benzene rings is 1. The van der Waals surface area contributed by atoms with E-state index in [-0.39, 0.29) is 18.3 Å². The van der Waals surface area contributed by atoms with Crippen molar-refractivity contribution in [2.24, 2.45) is 0 Å². The maximum absolute atomic E-state index is 12.1. The van der Waals surface area contributed by atoms with E-state index in [0.29, 0.717) is 23.8 Å². The molecule has 1 amide bonds. The van der Waals surface area contributed by atoms with Crippen LogP contribution in [0.25, 0.3) is 11.6 Å². The molecule has 0 radical (unpaired) electrons. The van der Waals surface area contributed by atoms with Gasteiger partial charge in [-0.05, 0) is 36.1 Å². The van der Waals surface area contributed by atoms with Crippen LogP contribution in [-0.4, -0.2) is 25.2 Å². The maximum atomic E-state index is 12.1. The first kappa shape index (κ1) is 20.1. The Balaban J connectivity index is 1.46. The molecule has 3 heterocycles. The number of carbonyl (C=O) groups excluding carboxylic acids is 1. The summed E-state index contributed by atoms with van der Waals surface area (Å²) < 4.78 is 8.16. The van der Waals surface area contributed by atoms with Gasteiger partial charge in [-0.2, -0.15) is 4.68 Å². The molecule has 3 aromatic heterocycles. The lowest BCUT2D eigenvalue weighted by atomic mass is 10.2. The summed E-state index contributed by atoms with van der Waals surface area (Å²) >= 11 is 7.48. The Morgan fingerprint density at radius 2 is 2.07 bits per heavy atom. The summed E-state index contributed by atoms with van der Waals surface area (Å²) in [6.07, 6.45) is 1.66. The summed E-state index contributed by atoms with van der Waals surface area (Å²) in [5.74, 6) is -0.948. The van der Waals surface area contributed by atoms with Crippen molar-refractivity contribution in [1.29, 1.82) is 0 Å². The first-order valence-electron chi connectivity index (χ1n) is 9.13. The largest absolute Gasteiger partial charge is 0.437 e. The molecule has 4 rings (SSSR count). The van der Waals surface area contributed by atoms with Gasteiger partial charge in [0.05, 0.1) is 12.9 Å². The highest BCUT2D eigenvalue weighted by molar-refractivity contribution is 7.09. The summed E-state index contributed by atoms with van der Waals surface area (Å²) in [7, 11) is 0. The van der Waals surface area contributed by atoms with Gasteiger partial charge in [0.1, 0.15) is 12.2 Å². The van der Waals surface area contributed by atoms with Gasteiger partial charge in [0.15, 0.2) is 0 Å². The van der Waals surface area contributed by atoms with Gasteiger partial charge in [0, 0.05) is 22.1 Å². The first-order valence-corrected chi connectivity index (χ1v) is 10.4. The molecular weight excluding hydrogens is 426 g/mol. The molecule has 0 saturated heterocycles. The lowest BCUT2D eigenvalue weighted by Gasteiger charge is -2.05. The number of imidazole rings is 1. The van der Waals surface area contributed by atoms with Crippen molar-refractivity contribution in [3.8, 4) is 11.6 Å². The lowest BCUT2D eigenvalue weighted by Crippen LogP contribution is -2.30. The molecule has 0 spiro atoms. The van der Waals surface area contributed by atoms with Crippen LogP contribution in [-0.2, 0) is 24.4 Å². The number of thiophene rings is 1. The number of amides is 1. The normalized spacial score (nSPS) is 11.0. The summed E-state index contributed by atoms with van der Waals surface area (Å²) in [5.41, 5.74) is 2.31. The summed E-state index contributed by atoms with van der Waals surface area (Å²) in [4.78, 5) is 29.6. The Hall–Kier alpha value is -3.17. The van der Waals surface area contributed by atoms with Gasteiger partial charge in [-0.1, -0.05) is 29.8 Å². The lowest BCUT2D eigenvalue weighted by molar-refractivity contribution is -0.122. The molecule has 4 aromatic rings. The van der Waals surface area contributed by atoms with Gasteiger partial charge in [-0.3, -0.25) is 4.79 Å². The topological polar surface area (TPSA) is 94.9 Å². The van der Waals surface area contributed by atoms with Crippen molar-refractivity contribution >= 4 is 28.8 Å². The summed E-state index contributed by atoms with van der Waals surface area (Å²) in [5, 5.41) is 9.51. The van der Waals surface area contributed by atoms with Gasteiger partial charge in [-0.15, -0.1) is 16.4 Å². The zero-order valence-electron chi connectivity index (χ0n) is 16.0. The van der Waals surface area contributed by atoms with Gasteiger partial charge in [-0.25, -0.2) is 9.78 Å². The van der Waals surface area contributed by atoms with Crippen LogP contribution in [0.1, 0.15) is 16.1 Å². The molecule has 154 valence electrons. The molecule has 10 heteroatoms. The molecule has 0 aliphatic heterocycles. The Morgan fingerprint density at radius 3 is 2.80 bits per heavy atom. The van der Waals surface area contributed by atoms with E-state index in [1.165, 1.54) is 0 Å². The van der Waals surface area contributed by atoms with Crippen molar-refractivity contribution in [1.82, 2.24) is 24.6 Å². The highest BCUT2D eigenvalue weighted by atomic mass is 35.5. The predicted molar refractivity (Wildman–Crippen MR) is 113 cm³/mol. The van der Waals surface area contributed by atoms with Crippen LogP contribution in [0.15, 0.2) is 57.3 Å². The van der Waals surface area contributed by atoms with E-state index < -0.39 is 5.76 Å². The molecule has 0 atom stereocenters. The van der Waals surface area contributed by atoms with E-state index in [0.717, 1.165) is 20.8 Å². The molecule has 1 aromatic carbocycles. The standard InChI is InChI=1S/C20H18ClN5O3S/c1-13-18(23-12-25(13)10-14-4-6-15(21)7-5-14)19-24-26(20(28)29-19)11-17(27)22-9-16-3-2-8-30-16/h2-8,12H,9-11H2,1H3,(H,22,27). The van der Waals surface area contributed by atoms with E-state index in [1.54, 1.807) is 17.7 Å². The van der Waals surface area contributed by atoms with Crippen molar-refractivity contribution in [2.45, 2.75) is 26.6 Å². The molecular formula is C20H18ClN5O3S. The van der Waals surface area contributed by atoms with Crippen molar-refractivity contribution in [2.75, 3.05) is 0 Å². The van der Waals surface area contributed by atoms with Crippen molar-refractivity contribution < 1.29 is 9.21 Å². The zero-order chi connectivity index (χ0) is 21.1. The fourth-order valence-corrected chi connectivity index (χ4v) is 3.66. The molecule has 0 aliphatic carbocycles. The van der Waals surface area contributed by atoms with E-state index in [1.807, 2.05) is 53.3 Å². The molecule has 0 unspecified atom stereocenters. The van der Waals surface area contributed by atoms with Crippen LogP contribution < -0.4 is 11.1 Å². The smallest absolute Gasteiger partial charge is 0.386 e. The molecule has 0 aliphatic rings. The highest BCUT2D eigenvalue weighted by Crippen LogP contribution is 2.20. The van der Waals surface area contributed by atoms with Gasteiger partial charge < -0.3 is 14.3 Å². The third-order valence-corrected chi connectivity index (χ3v) is 5.64.